The molecule has 18 heavy (non-hydrogen) atoms. The molecule has 1 aromatic carbocycles. The normalized spacial score (nSPS) is 20.2. The molecule has 2 rings (SSSR count). The van der Waals surface area contributed by atoms with Crippen LogP contribution in [-0.4, -0.2) is 24.8 Å². The van der Waals surface area contributed by atoms with E-state index in [9.17, 15) is 12.8 Å². The van der Waals surface area contributed by atoms with E-state index in [1.54, 1.807) is 0 Å². The van der Waals surface area contributed by atoms with Gasteiger partial charge in [0.15, 0.2) is 0 Å². The van der Waals surface area contributed by atoms with Crippen LogP contribution in [0.2, 0.25) is 0 Å². The van der Waals surface area contributed by atoms with Gasteiger partial charge in [0, 0.05) is 12.1 Å². The lowest BCUT2D eigenvalue weighted by Crippen LogP contribution is -2.42. The Hall–Kier alpha value is -1.14. The van der Waals surface area contributed by atoms with Gasteiger partial charge in [-0.05, 0) is 44.9 Å². The lowest BCUT2D eigenvalue weighted by Gasteiger charge is -2.30. The van der Waals surface area contributed by atoms with Gasteiger partial charge in [-0.1, -0.05) is 0 Å². The van der Waals surface area contributed by atoms with Gasteiger partial charge in [0.2, 0.25) is 10.0 Å². The molecule has 4 nitrogen and oxygen atoms in total. The number of hydrogen-bond donors (Lipinski definition) is 1. The van der Waals surface area contributed by atoms with Crippen molar-refractivity contribution in [1.82, 2.24) is 4.31 Å². The van der Waals surface area contributed by atoms with Crippen molar-refractivity contribution in [2.45, 2.75) is 37.1 Å². The molecule has 1 aliphatic rings. The summed E-state index contributed by atoms with van der Waals surface area (Å²) in [6.07, 6.45) is 1.63. The molecule has 0 amide bonds. The van der Waals surface area contributed by atoms with Gasteiger partial charge in [-0.25, -0.2) is 12.8 Å². The van der Waals surface area contributed by atoms with Crippen molar-refractivity contribution >= 4 is 15.7 Å². The molecule has 0 unspecified atom stereocenters. The average Bonchev–Trinajstić information content (AvgIpc) is 2.62. The maximum atomic E-state index is 13.4. The second-order valence-electron chi connectivity index (χ2n) is 5.18. The summed E-state index contributed by atoms with van der Waals surface area (Å²) in [5.41, 5.74) is 4.89. The first-order valence-corrected chi connectivity index (χ1v) is 7.27. The number of anilines is 1. The van der Waals surface area contributed by atoms with Crippen LogP contribution in [0.15, 0.2) is 23.1 Å². The summed E-state index contributed by atoms with van der Waals surface area (Å²) < 4.78 is 39.7. The fourth-order valence-electron chi connectivity index (χ4n) is 2.32. The Morgan fingerprint density at radius 3 is 2.56 bits per heavy atom. The SMILES string of the molecule is CC1(C)CCCN1S(=O)(=O)c1ccc(N)c(F)c1. The molecule has 1 fully saturated rings. The topological polar surface area (TPSA) is 63.4 Å². The monoisotopic (exact) mass is 272 g/mol. The van der Waals surface area contributed by atoms with E-state index in [0.29, 0.717) is 6.54 Å². The van der Waals surface area contributed by atoms with E-state index in [1.165, 1.54) is 16.4 Å². The van der Waals surface area contributed by atoms with Crippen LogP contribution in [0.4, 0.5) is 10.1 Å². The van der Waals surface area contributed by atoms with Gasteiger partial charge in [0.25, 0.3) is 0 Å². The lowest BCUT2D eigenvalue weighted by atomic mass is 10.0. The molecule has 0 radical (unpaired) electrons. The Balaban J connectivity index is 2.45. The third-order valence-corrected chi connectivity index (χ3v) is 5.49. The molecular formula is C12H17FN2O2S. The summed E-state index contributed by atoms with van der Waals surface area (Å²) >= 11 is 0. The van der Waals surface area contributed by atoms with Crippen LogP contribution in [0.25, 0.3) is 0 Å². The minimum atomic E-state index is -3.65. The highest BCUT2D eigenvalue weighted by molar-refractivity contribution is 7.89. The van der Waals surface area contributed by atoms with Crippen LogP contribution in [0.3, 0.4) is 0 Å². The molecule has 1 saturated heterocycles. The number of nitrogens with two attached hydrogens (primary N) is 1. The van der Waals surface area contributed by atoms with E-state index < -0.39 is 21.4 Å². The first-order valence-electron chi connectivity index (χ1n) is 5.83. The highest BCUT2D eigenvalue weighted by atomic mass is 32.2. The van der Waals surface area contributed by atoms with Crippen molar-refractivity contribution < 1.29 is 12.8 Å². The van der Waals surface area contributed by atoms with Gasteiger partial charge in [-0.15, -0.1) is 0 Å². The number of hydrogen-bond acceptors (Lipinski definition) is 3. The predicted octanol–water partition coefficient (Wildman–Crippen LogP) is 1.97. The van der Waals surface area contributed by atoms with Crippen LogP contribution in [0, 0.1) is 5.82 Å². The molecular weight excluding hydrogens is 255 g/mol. The number of benzene rings is 1. The van der Waals surface area contributed by atoms with Gasteiger partial charge in [0.1, 0.15) is 5.82 Å². The lowest BCUT2D eigenvalue weighted by molar-refractivity contribution is 0.291. The number of sulfonamides is 1. The van der Waals surface area contributed by atoms with Crippen LogP contribution >= 0.6 is 0 Å². The Labute approximate surface area is 107 Å². The third kappa shape index (κ3) is 2.10. The minimum Gasteiger partial charge on any atom is -0.396 e. The van der Waals surface area contributed by atoms with E-state index in [0.717, 1.165) is 18.9 Å². The van der Waals surface area contributed by atoms with E-state index in [1.807, 2.05) is 13.8 Å². The highest BCUT2D eigenvalue weighted by Gasteiger charge is 2.40. The van der Waals surface area contributed by atoms with Gasteiger partial charge >= 0.3 is 0 Å². The van der Waals surface area contributed by atoms with E-state index in [-0.39, 0.29) is 10.6 Å². The zero-order valence-corrected chi connectivity index (χ0v) is 11.3. The second kappa shape index (κ2) is 4.20. The Morgan fingerprint density at radius 1 is 1.39 bits per heavy atom. The third-order valence-electron chi connectivity index (χ3n) is 3.38. The zero-order chi connectivity index (χ0) is 13.6. The van der Waals surface area contributed by atoms with Crippen molar-refractivity contribution in [2.24, 2.45) is 0 Å². The molecule has 0 saturated carbocycles. The quantitative estimate of drug-likeness (QED) is 0.837. The molecule has 2 N–H and O–H groups in total. The van der Waals surface area contributed by atoms with E-state index in [2.05, 4.69) is 0 Å². The first kappa shape index (κ1) is 13.3. The predicted molar refractivity (Wildman–Crippen MR) is 68.0 cm³/mol. The first-order chi connectivity index (χ1) is 8.25. The fourth-order valence-corrected chi connectivity index (χ4v) is 4.18. The maximum absolute atomic E-state index is 13.4. The number of nitrogens with zero attached hydrogens (tertiary/aromatic N) is 1. The summed E-state index contributed by atoms with van der Waals surface area (Å²) in [5.74, 6) is -0.701. The van der Waals surface area contributed by atoms with Crippen LogP contribution in [-0.2, 0) is 10.0 Å². The molecule has 6 heteroatoms. The Bertz CT molecular complexity index is 569. The summed E-state index contributed by atoms with van der Waals surface area (Å²) in [7, 11) is -3.65. The Morgan fingerprint density at radius 2 is 2.06 bits per heavy atom. The molecule has 0 spiro atoms. The zero-order valence-electron chi connectivity index (χ0n) is 10.5. The van der Waals surface area contributed by atoms with Crippen LogP contribution in [0.5, 0.6) is 0 Å². The maximum Gasteiger partial charge on any atom is 0.243 e. The smallest absolute Gasteiger partial charge is 0.243 e. The molecule has 0 aliphatic carbocycles. The van der Waals surface area contributed by atoms with Crippen molar-refractivity contribution in [3.63, 3.8) is 0 Å². The largest absolute Gasteiger partial charge is 0.396 e. The summed E-state index contributed by atoms with van der Waals surface area (Å²) in [4.78, 5) is -0.0378. The van der Waals surface area contributed by atoms with E-state index >= 15 is 0 Å². The standard InChI is InChI=1S/C12H17FN2O2S/c1-12(2)6-3-7-15(12)18(16,17)9-4-5-11(14)10(13)8-9/h4-5,8H,3,6-7,14H2,1-2H3. The molecule has 1 aliphatic heterocycles. The fraction of sp³-hybridized carbons (Fsp3) is 0.500. The van der Waals surface area contributed by atoms with Crippen molar-refractivity contribution in [1.29, 1.82) is 0 Å². The molecule has 0 aromatic heterocycles. The summed E-state index contributed by atoms with van der Waals surface area (Å²) in [5, 5.41) is 0. The van der Waals surface area contributed by atoms with Crippen molar-refractivity contribution in [2.75, 3.05) is 12.3 Å². The molecule has 1 heterocycles. The minimum absolute atomic E-state index is 0.0378. The van der Waals surface area contributed by atoms with Crippen LogP contribution in [0.1, 0.15) is 26.7 Å². The van der Waals surface area contributed by atoms with Gasteiger partial charge in [0.05, 0.1) is 10.6 Å². The molecule has 0 atom stereocenters. The molecule has 0 bridgehead atoms. The number of nitrogen functional groups attached to an aromatic ring is 1. The highest BCUT2D eigenvalue weighted by Crippen LogP contribution is 2.34. The Kier molecular flexibility index (Phi) is 3.11. The van der Waals surface area contributed by atoms with Crippen molar-refractivity contribution in [3.05, 3.63) is 24.0 Å². The van der Waals surface area contributed by atoms with Crippen molar-refractivity contribution in [3.8, 4) is 0 Å². The second-order valence-corrected chi connectivity index (χ2v) is 7.04. The average molecular weight is 272 g/mol. The summed E-state index contributed by atoms with van der Waals surface area (Å²) in [6.45, 7) is 4.23. The van der Waals surface area contributed by atoms with Gasteiger partial charge in [-0.3, -0.25) is 0 Å². The van der Waals surface area contributed by atoms with Gasteiger partial charge < -0.3 is 5.73 Å². The summed E-state index contributed by atoms with van der Waals surface area (Å²) in [6, 6.07) is 3.62. The molecule has 1 aromatic rings. The van der Waals surface area contributed by atoms with Crippen LogP contribution < -0.4 is 5.73 Å². The van der Waals surface area contributed by atoms with E-state index in [4.69, 9.17) is 5.73 Å². The number of rotatable bonds is 2. The molecule has 100 valence electrons. The van der Waals surface area contributed by atoms with Gasteiger partial charge in [-0.2, -0.15) is 4.31 Å². The number of halogens is 1.